The number of carboxylic acid groups (broad SMARTS) is 1. The smallest absolute Gasteiger partial charge is 0.352 e. The minimum absolute atomic E-state index is 0.0160. The monoisotopic (exact) mass is 336 g/mol. The van der Waals surface area contributed by atoms with Crippen LogP contribution < -0.4 is 5.32 Å². The van der Waals surface area contributed by atoms with Crippen LogP contribution >= 0.6 is 0 Å². The van der Waals surface area contributed by atoms with Gasteiger partial charge < -0.3 is 15.3 Å². The Hall–Kier alpha value is -1.36. The van der Waals surface area contributed by atoms with Gasteiger partial charge in [0.1, 0.15) is 5.70 Å². The molecule has 2 fully saturated rings. The summed E-state index contributed by atoms with van der Waals surface area (Å²) in [6.45, 7) is 7.68. The van der Waals surface area contributed by atoms with Crippen molar-refractivity contribution in [1.29, 1.82) is 0 Å². The van der Waals surface area contributed by atoms with Gasteiger partial charge >= 0.3 is 5.97 Å². The molecule has 1 amide bonds. The van der Waals surface area contributed by atoms with Gasteiger partial charge in [0, 0.05) is 5.92 Å². The van der Waals surface area contributed by atoms with Gasteiger partial charge in [0.05, 0.1) is 0 Å². The molecule has 2 rings (SSSR count). The molecule has 1 aliphatic heterocycles. The predicted octanol–water partition coefficient (Wildman–Crippen LogP) is 3.16. The molecule has 1 unspecified atom stereocenters. The summed E-state index contributed by atoms with van der Waals surface area (Å²) < 4.78 is 0. The van der Waals surface area contributed by atoms with Gasteiger partial charge in [-0.15, -0.1) is 0 Å². The number of piperidine rings is 1. The van der Waals surface area contributed by atoms with Crippen LogP contribution in [0.15, 0.2) is 11.8 Å². The lowest BCUT2D eigenvalue weighted by molar-refractivity contribution is -0.135. The summed E-state index contributed by atoms with van der Waals surface area (Å²) in [6.07, 6.45) is 10.4. The normalized spacial score (nSPS) is 23.8. The average molecular weight is 336 g/mol. The lowest BCUT2D eigenvalue weighted by Gasteiger charge is -2.26. The Morgan fingerprint density at radius 1 is 1.17 bits per heavy atom. The average Bonchev–Trinajstić information content (AvgIpc) is 3.19. The first-order valence-electron chi connectivity index (χ1n) is 9.37. The maximum Gasteiger partial charge on any atom is 0.352 e. The van der Waals surface area contributed by atoms with Gasteiger partial charge in [-0.2, -0.15) is 0 Å². The van der Waals surface area contributed by atoms with Crippen LogP contribution in [0.2, 0.25) is 0 Å². The summed E-state index contributed by atoms with van der Waals surface area (Å²) >= 11 is 0. The van der Waals surface area contributed by atoms with Crippen LogP contribution in [0.1, 0.15) is 65.2 Å². The van der Waals surface area contributed by atoms with Crippen molar-refractivity contribution < 1.29 is 14.7 Å². The molecule has 1 saturated heterocycles. The minimum atomic E-state index is -1.05. The highest BCUT2D eigenvalue weighted by molar-refractivity contribution is 5.94. The number of allylic oxidation sites excluding steroid dienone is 1. The molecule has 1 saturated carbocycles. The quantitative estimate of drug-likeness (QED) is 0.501. The Morgan fingerprint density at radius 3 is 2.42 bits per heavy atom. The van der Waals surface area contributed by atoms with Crippen LogP contribution in [-0.2, 0) is 9.59 Å². The first kappa shape index (κ1) is 19.0. The molecule has 2 aliphatic rings. The SMILES string of the molecule is CC1(C)CC1C(=O)NC(=CCCCCCN1CCCCC1)C(=O)O. The molecule has 24 heavy (non-hydrogen) atoms. The number of carbonyl (C=O) groups is 2. The summed E-state index contributed by atoms with van der Waals surface area (Å²) in [5.41, 5.74) is 0.0565. The Labute approximate surface area is 145 Å². The van der Waals surface area contributed by atoms with Gasteiger partial charge in [0.15, 0.2) is 0 Å². The van der Waals surface area contributed by atoms with Crippen LogP contribution in [0.3, 0.4) is 0 Å². The van der Waals surface area contributed by atoms with Crippen molar-refractivity contribution in [2.75, 3.05) is 19.6 Å². The van der Waals surface area contributed by atoms with Crippen LogP contribution in [0.5, 0.6) is 0 Å². The lowest BCUT2D eigenvalue weighted by Crippen LogP contribution is -2.30. The van der Waals surface area contributed by atoms with Crippen LogP contribution in [0, 0.1) is 11.3 Å². The number of carboxylic acids is 1. The zero-order valence-electron chi connectivity index (χ0n) is 15.1. The Bertz CT molecular complexity index is 479. The van der Waals surface area contributed by atoms with E-state index in [9.17, 15) is 14.7 Å². The number of carbonyl (C=O) groups excluding carboxylic acids is 1. The molecule has 0 spiro atoms. The zero-order valence-corrected chi connectivity index (χ0v) is 15.1. The second kappa shape index (κ2) is 8.65. The minimum Gasteiger partial charge on any atom is -0.477 e. The van der Waals surface area contributed by atoms with Crippen molar-refractivity contribution in [3.05, 3.63) is 11.8 Å². The van der Waals surface area contributed by atoms with Gasteiger partial charge in [0.2, 0.25) is 5.91 Å². The molecule has 0 aromatic rings. The Balaban J connectivity index is 1.64. The molecular formula is C19H32N2O3. The molecular weight excluding hydrogens is 304 g/mol. The van der Waals surface area contributed by atoms with Crippen LogP contribution in [0.4, 0.5) is 0 Å². The lowest BCUT2D eigenvalue weighted by atomic mass is 10.1. The summed E-state index contributed by atoms with van der Waals surface area (Å²) in [5.74, 6) is -1.25. The van der Waals surface area contributed by atoms with Crippen molar-refractivity contribution in [3.8, 4) is 0 Å². The number of amides is 1. The third-order valence-electron chi connectivity index (χ3n) is 5.29. The molecule has 1 atom stereocenters. The van der Waals surface area contributed by atoms with Gasteiger partial charge in [-0.25, -0.2) is 4.79 Å². The van der Waals surface area contributed by atoms with E-state index in [1.165, 1.54) is 38.8 Å². The summed E-state index contributed by atoms with van der Waals surface area (Å²) in [6, 6.07) is 0. The van der Waals surface area contributed by atoms with E-state index in [0.29, 0.717) is 6.42 Å². The third-order valence-corrected chi connectivity index (χ3v) is 5.29. The highest BCUT2D eigenvalue weighted by Gasteiger charge is 2.50. The van der Waals surface area contributed by atoms with E-state index in [1.807, 2.05) is 13.8 Å². The molecule has 0 aromatic carbocycles. The van der Waals surface area contributed by atoms with E-state index in [1.54, 1.807) is 6.08 Å². The number of nitrogens with zero attached hydrogens (tertiary/aromatic N) is 1. The fourth-order valence-electron chi connectivity index (χ4n) is 3.41. The van der Waals surface area contributed by atoms with E-state index in [4.69, 9.17) is 0 Å². The number of likely N-dealkylation sites (tertiary alicyclic amines) is 1. The van der Waals surface area contributed by atoms with Gasteiger partial charge in [0.25, 0.3) is 0 Å². The van der Waals surface area contributed by atoms with Crippen LogP contribution in [0.25, 0.3) is 0 Å². The van der Waals surface area contributed by atoms with E-state index in [-0.39, 0.29) is 22.9 Å². The molecule has 5 nitrogen and oxygen atoms in total. The second-order valence-electron chi connectivity index (χ2n) is 7.91. The fourth-order valence-corrected chi connectivity index (χ4v) is 3.41. The second-order valence-corrected chi connectivity index (χ2v) is 7.91. The first-order chi connectivity index (χ1) is 11.4. The maximum atomic E-state index is 12.0. The van der Waals surface area contributed by atoms with Crippen LogP contribution in [-0.4, -0.2) is 41.5 Å². The van der Waals surface area contributed by atoms with Crippen molar-refractivity contribution in [2.45, 2.75) is 65.2 Å². The molecule has 1 aliphatic carbocycles. The van der Waals surface area contributed by atoms with E-state index < -0.39 is 5.97 Å². The van der Waals surface area contributed by atoms with Crippen molar-refractivity contribution in [2.24, 2.45) is 11.3 Å². The van der Waals surface area contributed by atoms with Gasteiger partial charge in [-0.05, 0) is 63.6 Å². The van der Waals surface area contributed by atoms with Gasteiger partial charge in [-0.1, -0.05) is 32.8 Å². The predicted molar refractivity (Wildman–Crippen MR) is 94.5 cm³/mol. The number of nitrogens with one attached hydrogen (secondary N) is 1. The number of rotatable bonds is 9. The van der Waals surface area contributed by atoms with Crippen molar-refractivity contribution >= 4 is 11.9 Å². The zero-order chi connectivity index (χ0) is 17.6. The highest BCUT2D eigenvalue weighted by Crippen LogP contribution is 2.51. The van der Waals surface area contributed by atoms with E-state index in [0.717, 1.165) is 25.8 Å². The largest absolute Gasteiger partial charge is 0.477 e. The Morgan fingerprint density at radius 2 is 1.83 bits per heavy atom. The first-order valence-corrected chi connectivity index (χ1v) is 9.37. The number of aliphatic carboxylic acids is 1. The third kappa shape index (κ3) is 5.93. The van der Waals surface area contributed by atoms with E-state index in [2.05, 4.69) is 10.2 Å². The maximum absolute atomic E-state index is 12.0. The fraction of sp³-hybridized carbons (Fsp3) is 0.789. The Kier molecular flexibility index (Phi) is 6.84. The highest BCUT2D eigenvalue weighted by atomic mass is 16.4. The molecule has 5 heteroatoms. The summed E-state index contributed by atoms with van der Waals surface area (Å²) in [7, 11) is 0. The molecule has 0 bridgehead atoms. The molecule has 136 valence electrons. The number of hydrogen-bond acceptors (Lipinski definition) is 3. The number of unbranched alkanes of at least 4 members (excludes halogenated alkanes) is 3. The van der Waals surface area contributed by atoms with Crippen molar-refractivity contribution in [3.63, 3.8) is 0 Å². The molecule has 0 radical (unpaired) electrons. The standard InChI is InChI=1S/C19H32N2O3/c1-19(2)14-15(19)17(22)20-16(18(23)24)10-6-3-4-7-11-21-12-8-5-9-13-21/h10,15H,3-9,11-14H2,1-2H3,(H,20,22)(H,23,24). The van der Waals surface area contributed by atoms with E-state index >= 15 is 0 Å². The summed E-state index contributed by atoms with van der Waals surface area (Å²) in [4.78, 5) is 25.8. The molecule has 1 heterocycles. The van der Waals surface area contributed by atoms with Crippen molar-refractivity contribution in [1.82, 2.24) is 10.2 Å². The number of hydrogen-bond donors (Lipinski definition) is 2. The molecule has 0 aromatic heterocycles. The van der Waals surface area contributed by atoms with Gasteiger partial charge in [-0.3, -0.25) is 4.79 Å². The topological polar surface area (TPSA) is 69.6 Å². The summed E-state index contributed by atoms with van der Waals surface area (Å²) in [5, 5.41) is 11.8. The molecule has 2 N–H and O–H groups in total.